The number of aliphatic carboxylic acids is 1. The van der Waals surface area contributed by atoms with Gasteiger partial charge in [0.25, 0.3) is 0 Å². The molecule has 2 aromatic carbocycles. The highest BCUT2D eigenvalue weighted by Gasteiger charge is 2.21. The molecule has 2 nitrogen and oxygen atoms in total. The third-order valence-corrected chi connectivity index (χ3v) is 4.64. The number of halogens is 1. The number of benzene rings is 2. The second-order valence-corrected chi connectivity index (χ2v) is 6.26. The Balaban J connectivity index is 2.25. The third kappa shape index (κ3) is 3.94. The van der Waals surface area contributed by atoms with Crippen LogP contribution in [0.2, 0.25) is 0 Å². The molecule has 0 amide bonds. The molecule has 1 N–H and O–H groups in total. The molecule has 1 unspecified atom stereocenters. The topological polar surface area (TPSA) is 37.3 Å². The van der Waals surface area contributed by atoms with Crippen LogP contribution in [-0.4, -0.2) is 11.1 Å². The fourth-order valence-corrected chi connectivity index (χ4v) is 3.04. The summed E-state index contributed by atoms with van der Waals surface area (Å²) in [5.41, 5.74) is 4.51. The maximum absolute atomic E-state index is 11.6. The summed E-state index contributed by atoms with van der Waals surface area (Å²) in [6, 6.07) is 13.9. The lowest BCUT2D eigenvalue weighted by atomic mass is 9.89. The van der Waals surface area contributed by atoms with Crippen molar-refractivity contribution in [1.29, 1.82) is 0 Å². The maximum atomic E-state index is 11.6. The van der Waals surface area contributed by atoms with Gasteiger partial charge in [-0.05, 0) is 55.0 Å². The average molecular weight is 347 g/mol. The van der Waals surface area contributed by atoms with Crippen molar-refractivity contribution in [3.05, 3.63) is 69.2 Å². The number of rotatable bonds is 5. The number of hydrogen-bond acceptors (Lipinski definition) is 1. The van der Waals surface area contributed by atoms with Gasteiger partial charge in [-0.3, -0.25) is 4.79 Å². The average Bonchev–Trinajstić information content (AvgIpc) is 2.43. The molecule has 110 valence electrons. The molecule has 0 aromatic heterocycles. The molecular weight excluding hydrogens is 328 g/mol. The monoisotopic (exact) mass is 346 g/mol. The Hall–Kier alpha value is -1.61. The molecule has 1 atom stereocenters. The fourth-order valence-electron chi connectivity index (χ4n) is 2.59. The number of aryl methyl sites for hydroxylation is 2. The molecule has 0 fully saturated rings. The van der Waals surface area contributed by atoms with E-state index in [1.54, 1.807) is 0 Å². The van der Waals surface area contributed by atoms with Crippen LogP contribution in [0.3, 0.4) is 0 Å². The van der Waals surface area contributed by atoms with Crippen molar-refractivity contribution in [3.63, 3.8) is 0 Å². The van der Waals surface area contributed by atoms with Crippen molar-refractivity contribution >= 4 is 21.9 Å². The van der Waals surface area contributed by atoms with E-state index in [1.165, 1.54) is 0 Å². The molecular formula is C18H19BrO2. The van der Waals surface area contributed by atoms with Crippen LogP contribution in [0, 0.1) is 19.8 Å². The van der Waals surface area contributed by atoms with Gasteiger partial charge in [0, 0.05) is 4.47 Å². The Morgan fingerprint density at radius 2 is 1.67 bits per heavy atom. The van der Waals surface area contributed by atoms with Crippen molar-refractivity contribution in [2.75, 3.05) is 0 Å². The first-order chi connectivity index (χ1) is 9.99. The lowest BCUT2D eigenvalue weighted by Crippen LogP contribution is -2.20. The van der Waals surface area contributed by atoms with E-state index in [9.17, 15) is 9.90 Å². The first kappa shape index (κ1) is 15.8. The van der Waals surface area contributed by atoms with Crippen molar-refractivity contribution < 1.29 is 9.90 Å². The number of hydrogen-bond donors (Lipinski definition) is 1. The van der Waals surface area contributed by atoms with Gasteiger partial charge in [-0.1, -0.05) is 52.3 Å². The van der Waals surface area contributed by atoms with E-state index in [2.05, 4.69) is 15.9 Å². The maximum Gasteiger partial charge on any atom is 0.307 e. The zero-order valence-corrected chi connectivity index (χ0v) is 13.9. The molecule has 0 radical (unpaired) electrons. The van der Waals surface area contributed by atoms with Crippen molar-refractivity contribution in [2.24, 2.45) is 5.92 Å². The normalized spacial score (nSPS) is 12.1. The molecule has 0 aliphatic rings. The molecule has 0 aliphatic carbocycles. The predicted octanol–water partition coefficient (Wildman–Crippen LogP) is 4.55. The number of carboxylic acid groups (broad SMARTS) is 1. The van der Waals surface area contributed by atoms with Crippen LogP contribution < -0.4 is 0 Å². The van der Waals surface area contributed by atoms with Gasteiger partial charge < -0.3 is 5.11 Å². The van der Waals surface area contributed by atoms with Gasteiger partial charge in [0.05, 0.1) is 5.92 Å². The van der Waals surface area contributed by atoms with Crippen molar-refractivity contribution in [3.8, 4) is 0 Å². The summed E-state index contributed by atoms with van der Waals surface area (Å²) >= 11 is 3.50. The summed E-state index contributed by atoms with van der Waals surface area (Å²) in [5, 5.41) is 9.55. The Bertz CT molecular complexity index is 629. The highest BCUT2D eigenvalue weighted by molar-refractivity contribution is 9.10. The quantitative estimate of drug-likeness (QED) is 0.861. The summed E-state index contributed by atoms with van der Waals surface area (Å²) < 4.78 is 0.970. The SMILES string of the molecule is Cc1cccc(C)c1CC(Cc1ccccc1Br)C(=O)O. The standard InChI is InChI=1S/C18H19BrO2/c1-12-6-5-7-13(2)16(12)11-15(18(20)21)10-14-8-3-4-9-17(14)19/h3-9,15H,10-11H2,1-2H3,(H,20,21). The van der Waals surface area contributed by atoms with Crippen LogP contribution in [-0.2, 0) is 17.6 Å². The molecule has 0 spiro atoms. The zero-order chi connectivity index (χ0) is 15.4. The van der Waals surface area contributed by atoms with Gasteiger partial charge in [0.15, 0.2) is 0 Å². The van der Waals surface area contributed by atoms with E-state index in [4.69, 9.17) is 0 Å². The Morgan fingerprint density at radius 1 is 1.05 bits per heavy atom. The molecule has 2 aromatic rings. The van der Waals surface area contributed by atoms with E-state index in [0.29, 0.717) is 12.8 Å². The number of carbonyl (C=O) groups is 1. The van der Waals surface area contributed by atoms with Gasteiger partial charge in [-0.15, -0.1) is 0 Å². The predicted molar refractivity (Wildman–Crippen MR) is 88.6 cm³/mol. The molecule has 2 rings (SSSR count). The van der Waals surface area contributed by atoms with Crippen LogP contribution >= 0.6 is 15.9 Å². The van der Waals surface area contributed by atoms with E-state index in [-0.39, 0.29) is 0 Å². The number of carboxylic acids is 1. The zero-order valence-electron chi connectivity index (χ0n) is 12.3. The first-order valence-electron chi connectivity index (χ1n) is 7.00. The molecule has 0 saturated carbocycles. The van der Waals surface area contributed by atoms with Crippen molar-refractivity contribution in [2.45, 2.75) is 26.7 Å². The summed E-state index contributed by atoms with van der Waals surface area (Å²) in [6.45, 7) is 4.08. The lowest BCUT2D eigenvalue weighted by molar-refractivity contribution is -0.141. The van der Waals surface area contributed by atoms with E-state index in [1.807, 2.05) is 56.3 Å². The smallest absolute Gasteiger partial charge is 0.307 e. The summed E-state index contributed by atoms with van der Waals surface area (Å²) in [6.07, 6.45) is 1.10. The van der Waals surface area contributed by atoms with E-state index in [0.717, 1.165) is 26.7 Å². The van der Waals surface area contributed by atoms with Gasteiger partial charge >= 0.3 is 5.97 Å². The Morgan fingerprint density at radius 3 is 2.24 bits per heavy atom. The minimum absolute atomic E-state index is 0.413. The van der Waals surface area contributed by atoms with E-state index < -0.39 is 11.9 Å². The molecule has 21 heavy (non-hydrogen) atoms. The van der Waals surface area contributed by atoms with Crippen LogP contribution in [0.25, 0.3) is 0 Å². The van der Waals surface area contributed by atoms with Crippen LogP contribution in [0.5, 0.6) is 0 Å². The highest BCUT2D eigenvalue weighted by atomic mass is 79.9. The van der Waals surface area contributed by atoms with Gasteiger partial charge in [-0.25, -0.2) is 0 Å². The Kier molecular flexibility index (Phi) is 5.18. The molecule has 0 aliphatic heterocycles. The molecule has 0 saturated heterocycles. The van der Waals surface area contributed by atoms with Crippen LogP contribution in [0.4, 0.5) is 0 Å². The van der Waals surface area contributed by atoms with Crippen LogP contribution in [0.1, 0.15) is 22.3 Å². The molecule has 0 heterocycles. The minimum Gasteiger partial charge on any atom is -0.481 e. The molecule has 3 heteroatoms. The van der Waals surface area contributed by atoms with Crippen LogP contribution in [0.15, 0.2) is 46.9 Å². The summed E-state index contributed by atoms with van der Waals surface area (Å²) in [5.74, 6) is -1.16. The van der Waals surface area contributed by atoms with Gasteiger partial charge in [0.1, 0.15) is 0 Å². The second-order valence-electron chi connectivity index (χ2n) is 5.41. The lowest BCUT2D eigenvalue weighted by Gasteiger charge is -2.17. The first-order valence-corrected chi connectivity index (χ1v) is 7.79. The third-order valence-electron chi connectivity index (χ3n) is 3.87. The molecule has 0 bridgehead atoms. The summed E-state index contributed by atoms with van der Waals surface area (Å²) in [7, 11) is 0. The minimum atomic E-state index is -0.742. The van der Waals surface area contributed by atoms with Gasteiger partial charge in [0.2, 0.25) is 0 Å². The fraction of sp³-hybridized carbons (Fsp3) is 0.278. The second kappa shape index (κ2) is 6.90. The van der Waals surface area contributed by atoms with Gasteiger partial charge in [-0.2, -0.15) is 0 Å². The largest absolute Gasteiger partial charge is 0.481 e. The van der Waals surface area contributed by atoms with E-state index >= 15 is 0 Å². The highest BCUT2D eigenvalue weighted by Crippen LogP contribution is 2.24. The van der Waals surface area contributed by atoms with Crippen molar-refractivity contribution in [1.82, 2.24) is 0 Å². The summed E-state index contributed by atoms with van der Waals surface area (Å²) in [4.78, 5) is 11.6. The Labute approximate surface area is 134 Å².